The van der Waals surface area contributed by atoms with Gasteiger partial charge in [-0.05, 0) is 48.2 Å². The average molecular weight is 354 g/mol. The number of hydrogen-bond donors (Lipinski definition) is 0. The van der Waals surface area contributed by atoms with Crippen LogP contribution in [0.25, 0.3) is 0 Å². The second kappa shape index (κ2) is 11.1. The Bertz CT molecular complexity index is 674. The molecule has 2 aromatic rings. The van der Waals surface area contributed by atoms with Gasteiger partial charge in [-0.15, -0.1) is 0 Å². The topological polar surface area (TPSA) is 44.8 Å². The van der Waals surface area contributed by atoms with Crippen molar-refractivity contribution < 1.29 is 19.3 Å². The molecule has 0 aliphatic rings. The maximum absolute atomic E-state index is 11.1. The molecule has 0 saturated heterocycles. The zero-order chi connectivity index (χ0) is 18.6. The number of benzene rings is 2. The van der Waals surface area contributed by atoms with Gasteiger partial charge in [0, 0.05) is 6.08 Å². The van der Waals surface area contributed by atoms with Crippen molar-refractivity contribution in [3.8, 4) is 11.5 Å². The molecule has 4 nitrogen and oxygen atoms in total. The van der Waals surface area contributed by atoms with Crippen molar-refractivity contribution in [2.75, 3.05) is 0 Å². The van der Waals surface area contributed by atoms with Gasteiger partial charge in [0.05, 0.1) is 0 Å². The molecule has 0 radical (unpaired) electrons. The Morgan fingerprint density at radius 3 is 2.23 bits per heavy atom. The summed E-state index contributed by atoms with van der Waals surface area (Å²) in [6.07, 6.45) is 7.34. The van der Waals surface area contributed by atoms with Crippen LogP contribution in [0.5, 0.6) is 11.5 Å². The van der Waals surface area contributed by atoms with E-state index < -0.39 is 5.97 Å². The molecule has 138 valence electrons. The monoisotopic (exact) mass is 354 g/mol. The lowest BCUT2D eigenvalue weighted by Crippen LogP contribution is -2.03. The number of unbranched alkanes of at least 4 members (excludes halogenated alkanes) is 3. The lowest BCUT2D eigenvalue weighted by Gasteiger charge is -2.07. The number of ether oxygens (including phenoxy) is 1. The van der Waals surface area contributed by atoms with Crippen molar-refractivity contribution in [3.05, 3.63) is 72.3 Å². The summed E-state index contributed by atoms with van der Waals surface area (Å²) in [5.41, 5.74) is 2.41. The Balaban J connectivity index is 1.72. The molecule has 0 bridgehead atoms. The number of rotatable bonds is 11. The van der Waals surface area contributed by atoms with E-state index in [2.05, 4.69) is 37.8 Å². The predicted molar refractivity (Wildman–Crippen MR) is 102 cm³/mol. The van der Waals surface area contributed by atoms with Crippen molar-refractivity contribution in [2.45, 2.75) is 45.6 Å². The Hall–Kier alpha value is -2.59. The summed E-state index contributed by atoms with van der Waals surface area (Å²) in [7, 11) is 0. The molecule has 0 spiro atoms. The second-order valence-electron chi connectivity index (χ2n) is 6.07. The van der Waals surface area contributed by atoms with Crippen LogP contribution in [0.1, 0.15) is 43.7 Å². The summed E-state index contributed by atoms with van der Waals surface area (Å²) in [5, 5.41) is 0. The van der Waals surface area contributed by atoms with E-state index in [1.165, 1.54) is 31.2 Å². The smallest absolute Gasteiger partial charge is 0.335 e. The fourth-order valence-electron chi connectivity index (χ4n) is 2.44. The van der Waals surface area contributed by atoms with E-state index in [4.69, 9.17) is 14.5 Å². The molecule has 0 amide bonds. The van der Waals surface area contributed by atoms with Crippen molar-refractivity contribution in [3.63, 3.8) is 0 Å². The van der Waals surface area contributed by atoms with Crippen LogP contribution < -0.4 is 9.62 Å². The summed E-state index contributed by atoms with van der Waals surface area (Å²) in [4.78, 5) is 21.6. The first-order chi connectivity index (χ1) is 12.7. The highest BCUT2D eigenvalue weighted by Gasteiger charge is 2.02. The van der Waals surface area contributed by atoms with Crippen molar-refractivity contribution in [1.29, 1.82) is 0 Å². The van der Waals surface area contributed by atoms with Gasteiger partial charge in [-0.2, -0.15) is 4.89 Å². The molecule has 0 fully saturated rings. The third kappa shape index (κ3) is 7.11. The molecule has 0 aromatic heterocycles. The lowest BCUT2D eigenvalue weighted by atomic mass is 10.0. The quantitative estimate of drug-likeness (QED) is 0.135. The van der Waals surface area contributed by atoms with Crippen LogP contribution in [0, 0.1) is 0 Å². The van der Waals surface area contributed by atoms with Crippen molar-refractivity contribution >= 4 is 5.97 Å². The normalized spacial score (nSPS) is 10.3. The third-order valence-electron chi connectivity index (χ3n) is 3.93. The van der Waals surface area contributed by atoms with E-state index in [0.29, 0.717) is 18.1 Å². The SMILES string of the molecule is C=CC(=O)Oc1ccc(OOCc2ccc(CCCCCC)cc2)cc1. The van der Waals surface area contributed by atoms with Gasteiger partial charge in [0.15, 0.2) is 5.75 Å². The zero-order valence-corrected chi connectivity index (χ0v) is 15.3. The van der Waals surface area contributed by atoms with Crippen LogP contribution in [0.3, 0.4) is 0 Å². The maximum atomic E-state index is 11.1. The van der Waals surface area contributed by atoms with E-state index in [-0.39, 0.29) is 0 Å². The van der Waals surface area contributed by atoms with E-state index >= 15 is 0 Å². The van der Waals surface area contributed by atoms with E-state index in [1.807, 2.05) is 0 Å². The zero-order valence-electron chi connectivity index (χ0n) is 15.3. The summed E-state index contributed by atoms with van der Waals surface area (Å²) in [6, 6.07) is 15.0. The largest absolute Gasteiger partial charge is 0.423 e. The highest BCUT2D eigenvalue weighted by Crippen LogP contribution is 2.18. The van der Waals surface area contributed by atoms with Gasteiger partial charge in [0.2, 0.25) is 0 Å². The molecule has 26 heavy (non-hydrogen) atoms. The number of esters is 1. The summed E-state index contributed by atoms with van der Waals surface area (Å²) >= 11 is 0. The molecule has 0 aliphatic heterocycles. The molecule has 0 heterocycles. The van der Waals surface area contributed by atoms with Crippen molar-refractivity contribution in [1.82, 2.24) is 0 Å². The Labute approximate surface area is 155 Å². The molecular weight excluding hydrogens is 328 g/mol. The summed E-state index contributed by atoms with van der Waals surface area (Å²) < 4.78 is 4.99. The average Bonchev–Trinajstić information content (AvgIpc) is 2.67. The van der Waals surface area contributed by atoms with Gasteiger partial charge in [0.1, 0.15) is 12.4 Å². The first kappa shape index (κ1) is 19.7. The maximum Gasteiger partial charge on any atom is 0.335 e. The highest BCUT2D eigenvalue weighted by molar-refractivity contribution is 5.83. The fourth-order valence-corrected chi connectivity index (χ4v) is 2.44. The van der Waals surface area contributed by atoms with Gasteiger partial charge in [-0.25, -0.2) is 4.79 Å². The van der Waals surface area contributed by atoms with Crippen LogP contribution in [0.15, 0.2) is 61.2 Å². The predicted octanol–water partition coefficient (Wildman–Crippen LogP) is 5.41. The molecular formula is C22H26O4. The minimum atomic E-state index is -0.497. The first-order valence-corrected chi connectivity index (χ1v) is 9.03. The van der Waals surface area contributed by atoms with Crippen LogP contribution in [0.2, 0.25) is 0 Å². The molecule has 4 heteroatoms. The molecule has 0 saturated carbocycles. The van der Waals surface area contributed by atoms with E-state index in [1.54, 1.807) is 24.3 Å². The van der Waals surface area contributed by atoms with Gasteiger partial charge in [0.25, 0.3) is 0 Å². The molecule has 0 unspecified atom stereocenters. The van der Waals surface area contributed by atoms with Gasteiger partial charge < -0.3 is 9.62 Å². The van der Waals surface area contributed by atoms with E-state index in [9.17, 15) is 4.79 Å². The minimum absolute atomic E-state index is 0.364. The van der Waals surface area contributed by atoms with Crippen LogP contribution in [-0.4, -0.2) is 5.97 Å². The fraction of sp³-hybridized carbons (Fsp3) is 0.318. The van der Waals surface area contributed by atoms with Gasteiger partial charge in [-0.3, -0.25) is 0 Å². The second-order valence-corrected chi connectivity index (χ2v) is 6.07. The van der Waals surface area contributed by atoms with Gasteiger partial charge >= 0.3 is 5.97 Å². The summed E-state index contributed by atoms with van der Waals surface area (Å²) in [6.45, 7) is 5.94. The summed E-state index contributed by atoms with van der Waals surface area (Å²) in [5.74, 6) is 0.469. The number of carbonyl (C=O) groups excluding carboxylic acids is 1. The Kier molecular flexibility index (Phi) is 8.43. The Morgan fingerprint density at radius 2 is 1.58 bits per heavy atom. The number of aryl methyl sites for hydroxylation is 1. The van der Waals surface area contributed by atoms with Crippen molar-refractivity contribution in [2.24, 2.45) is 0 Å². The minimum Gasteiger partial charge on any atom is -0.423 e. The Morgan fingerprint density at radius 1 is 0.923 bits per heavy atom. The standard InChI is InChI=1S/C22H26O4/c1-3-5-6-7-8-18-9-11-19(12-10-18)17-24-26-21-15-13-20(14-16-21)25-22(23)4-2/h4,9-16H,2-3,5-8,17H2,1H3. The highest BCUT2D eigenvalue weighted by atomic mass is 17.2. The van der Waals surface area contributed by atoms with E-state index in [0.717, 1.165) is 18.1 Å². The van der Waals surface area contributed by atoms with Crippen LogP contribution in [0.4, 0.5) is 0 Å². The molecule has 0 aliphatic carbocycles. The third-order valence-corrected chi connectivity index (χ3v) is 3.93. The molecule has 0 atom stereocenters. The van der Waals surface area contributed by atoms with Crippen LogP contribution in [-0.2, 0) is 22.7 Å². The van der Waals surface area contributed by atoms with Gasteiger partial charge in [-0.1, -0.05) is 57.0 Å². The molecule has 0 N–H and O–H groups in total. The number of carbonyl (C=O) groups is 1. The number of hydrogen-bond acceptors (Lipinski definition) is 4. The first-order valence-electron chi connectivity index (χ1n) is 9.03. The van der Waals surface area contributed by atoms with Crippen LogP contribution >= 0.6 is 0 Å². The molecule has 2 rings (SSSR count). The lowest BCUT2D eigenvalue weighted by molar-refractivity contribution is -0.217. The molecule has 2 aromatic carbocycles.